The number of nitrogens with zero attached hydrogens (tertiary/aromatic N) is 1. The van der Waals surface area contributed by atoms with E-state index in [0.717, 1.165) is 0 Å². The fourth-order valence-electron chi connectivity index (χ4n) is 1.79. The molecule has 1 rings (SSSR count). The number of aromatic amines is 1. The highest BCUT2D eigenvalue weighted by atomic mass is 32.2. The molecular formula is C10H20N4O3S. The van der Waals surface area contributed by atoms with Crippen LogP contribution in [0.1, 0.15) is 17.8 Å². The molecule has 0 fully saturated rings. The quantitative estimate of drug-likeness (QED) is 0.631. The van der Waals surface area contributed by atoms with Gasteiger partial charge in [0.1, 0.15) is 4.90 Å². The summed E-state index contributed by atoms with van der Waals surface area (Å²) < 4.78 is 32.0. The van der Waals surface area contributed by atoms with E-state index in [1.165, 1.54) is 7.11 Å². The average Bonchev–Trinajstić information content (AvgIpc) is 2.59. The second-order valence-electron chi connectivity index (χ2n) is 4.11. The molecule has 0 aliphatic carbocycles. The molecule has 1 atom stereocenters. The van der Waals surface area contributed by atoms with Crippen molar-refractivity contribution in [3.8, 4) is 0 Å². The first-order valence-corrected chi connectivity index (χ1v) is 7.13. The van der Waals surface area contributed by atoms with Crippen LogP contribution in [0.2, 0.25) is 0 Å². The molecule has 4 N–H and O–H groups in total. The van der Waals surface area contributed by atoms with Crippen molar-refractivity contribution in [2.24, 2.45) is 5.73 Å². The van der Waals surface area contributed by atoms with Gasteiger partial charge in [0.25, 0.3) is 0 Å². The highest BCUT2D eigenvalue weighted by Crippen LogP contribution is 2.17. The summed E-state index contributed by atoms with van der Waals surface area (Å²) in [5.41, 5.74) is 6.41. The van der Waals surface area contributed by atoms with Crippen molar-refractivity contribution in [3.05, 3.63) is 11.4 Å². The number of sulfonamides is 1. The Morgan fingerprint density at radius 1 is 1.50 bits per heavy atom. The Morgan fingerprint density at radius 3 is 2.61 bits per heavy atom. The molecular weight excluding hydrogens is 256 g/mol. The second kappa shape index (κ2) is 6.28. The van der Waals surface area contributed by atoms with E-state index in [1.54, 1.807) is 13.8 Å². The summed E-state index contributed by atoms with van der Waals surface area (Å²) in [5, 5.41) is 6.54. The summed E-state index contributed by atoms with van der Waals surface area (Å²) >= 11 is 0. The van der Waals surface area contributed by atoms with Gasteiger partial charge < -0.3 is 10.5 Å². The van der Waals surface area contributed by atoms with E-state index in [1.807, 2.05) is 0 Å². The average molecular weight is 276 g/mol. The molecule has 0 aromatic carbocycles. The van der Waals surface area contributed by atoms with Crippen LogP contribution >= 0.6 is 0 Å². The predicted octanol–water partition coefficient (Wildman–Crippen LogP) is -0.331. The molecule has 1 aromatic heterocycles. The van der Waals surface area contributed by atoms with Crippen molar-refractivity contribution in [3.63, 3.8) is 0 Å². The molecule has 1 heterocycles. The van der Waals surface area contributed by atoms with E-state index in [4.69, 9.17) is 10.5 Å². The predicted molar refractivity (Wildman–Crippen MR) is 67.7 cm³/mol. The molecule has 0 aliphatic rings. The second-order valence-corrected chi connectivity index (χ2v) is 5.76. The van der Waals surface area contributed by atoms with Gasteiger partial charge in [-0.2, -0.15) is 5.10 Å². The zero-order valence-electron chi connectivity index (χ0n) is 10.9. The normalized spacial score (nSPS) is 13.8. The molecule has 0 aliphatic heterocycles. The minimum atomic E-state index is -3.60. The molecule has 0 bridgehead atoms. The van der Waals surface area contributed by atoms with Crippen LogP contribution in [0, 0.1) is 13.8 Å². The first kappa shape index (κ1) is 15.1. The summed E-state index contributed by atoms with van der Waals surface area (Å²) in [6.45, 7) is 3.99. The summed E-state index contributed by atoms with van der Waals surface area (Å²) in [7, 11) is -2.08. The Kier molecular flexibility index (Phi) is 5.27. The maximum absolute atomic E-state index is 12.2. The van der Waals surface area contributed by atoms with Crippen LogP contribution in [0.5, 0.6) is 0 Å². The fourth-order valence-corrected chi connectivity index (χ4v) is 3.42. The van der Waals surface area contributed by atoms with Crippen molar-refractivity contribution in [2.75, 3.05) is 20.3 Å². The van der Waals surface area contributed by atoms with Gasteiger partial charge in [-0.1, -0.05) is 0 Å². The van der Waals surface area contributed by atoms with E-state index in [2.05, 4.69) is 14.9 Å². The molecule has 1 aromatic rings. The number of nitrogens with one attached hydrogen (secondary N) is 2. The highest BCUT2D eigenvalue weighted by Gasteiger charge is 2.25. The summed E-state index contributed by atoms with van der Waals surface area (Å²) in [6, 6.07) is -0.335. The molecule has 104 valence electrons. The number of hydrogen-bond acceptors (Lipinski definition) is 5. The third-order valence-corrected chi connectivity index (χ3v) is 4.32. The zero-order valence-corrected chi connectivity index (χ0v) is 11.7. The molecule has 18 heavy (non-hydrogen) atoms. The Hall–Kier alpha value is -0.960. The summed E-state index contributed by atoms with van der Waals surface area (Å²) in [4.78, 5) is 0.195. The van der Waals surface area contributed by atoms with Gasteiger partial charge in [0, 0.05) is 13.2 Å². The third kappa shape index (κ3) is 3.52. The standard InChI is InChI=1S/C10H20N4O3S/c1-7-10(8(2)13-12-7)18(15,16)14-9(4-5-11)6-17-3/h9,14H,4-6,11H2,1-3H3,(H,12,13). The molecule has 0 amide bonds. The molecule has 0 saturated carbocycles. The molecule has 8 heteroatoms. The zero-order chi connectivity index (χ0) is 13.8. The molecule has 1 unspecified atom stereocenters. The van der Waals surface area contributed by atoms with E-state index in [-0.39, 0.29) is 17.5 Å². The first-order valence-electron chi connectivity index (χ1n) is 5.65. The van der Waals surface area contributed by atoms with Crippen LogP contribution < -0.4 is 10.5 Å². The topological polar surface area (TPSA) is 110 Å². The minimum Gasteiger partial charge on any atom is -0.383 e. The van der Waals surface area contributed by atoms with E-state index >= 15 is 0 Å². The highest BCUT2D eigenvalue weighted by molar-refractivity contribution is 7.89. The first-order chi connectivity index (χ1) is 8.42. The number of methoxy groups -OCH3 is 1. The summed E-state index contributed by atoms with van der Waals surface area (Å²) in [6.07, 6.45) is 0.517. The van der Waals surface area contributed by atoms with Crippen LogP contribution in [0.25, 0.3) is 0 Å². The Bertz CT molecular complexity index is 458. The summed E-state index contributed by atoms with van der Waals surface area (Å²) in [5.74, 6) is 0. The van der Waals surface area contributed by atoms with Crippen LogP contribution in [0.3, 0.4) is 0 Å². The van der Waals surface area contributed by atoms with Crippen LogP contribution in [-0.4, -0.2) is 44.9 Å². The molecule has 0 radical (unpaired) electrons. The number of aromatic nitrogens is 2. The van der Waals surface area contributed by atoms with Crippen LogP contribution in [0.4, 0.5) is 0 Å². The third-order valence-electron chi connectivity index (χ3n) is 2.53. The molecule has 0 saturated heterocycles. The SMILES string of the molecule is COCC(CCN)NS(=O)(=O)c1c(C)n[nH]c1C. The lowest BCUT2D eigenvalue weighted by molar-refractivity contribution is 0.172. The van der Waals surface area contributed by atoms with Crippen molar-refractivity contribution >= 4 is 10.0 Å². The van der Waals surface area contributed by atoms with Crippen LogP contribution in [0.15, 0.2) is 4.90 Å². The van der Waals surface area contributed by atoms with Gasteiger partial charge in [-0.15, -0.1) is 0 Å². The lowest BCUT2D eigenvalue weighted by Crippen LogP contribution is -2.39. The van der Waals surface area contributed by atoms with E-state index in [0.29, 0.717) is 24.4 Å². The van der Waals surface area contributed by atoms with Gasteiger partial charge in [-0.05, 0) is 26.8 Å². The van der Waals surface area contributed by atoms with Crippen LogP contribution in [-0.2, 0) is 14.8 Å². The van der Waals surface area contributed by atoms with Gasteiger partial charge >= 0.3 is 0 Å². The Balaban J connectivity index is 2.93. The number of ether oxygens (including phenoxy) is 1. The Morgan fingerprint density at radius 2 is 2.17 bits per heavy atom. The minimum absolute atomic E-state index is 0.195. The number of nitrogens with two attached hydrogens (primary N) is 1. The number of rotatable bonds is 7. The van der Waals surface area contributed by atoms with E-state index < -0.39 is 10.0 Å². The lowest BCUT2D eigenvalue weighted by atomic mass is 10.2. The number of aryl methyl sites for hydroxylation is 2. The monoisotopic (exact) mass is 276 g/mol. The largest absolute Gasteiger partial charge is 0.383 e. The fraction of sp³-hybridized carbons (Fsp3) is 0.700. The van der Waals surface area contributed by atoms with Gasteiger partial charge in [-0.3, -0.25) is 5.10 Å². The van der Waals surface area contributed by atoms with Crippen molar-refractivity contribution in [1.82, 2.24) is 14.9 Å². The van der Waals surface area contributed by atoms with Crippen molar-refractivity contribution < 1.29 is 13.2 Å². The van der Waals surface area contributed by atoms with Crippen molar-refractivity contribution in [2.45, 2.75) is 31.2 Å². The molecule has 0 spiro atoms. The smallest absolute Gasteiger partial charge is 0.244 e. The van der Waals surface area contributed by atoms with Gasteiger partial charge in [0.15, 0.2) is 0 Å². The van der Waals surface area contributed by atoms with Crippen molar-refractivity contribution in [1.29, 1.82) is 0 Å². The number of hydrogen-bond donors (Lipinski definition) is 3. The maximum Gasteiger partial charge on any atom is 0.244 e. The lowest BCUT2D eigenvalue weighted by Gasteiger charge is -2.17. The van der Waals surface area contributed by atoms with Gasteiger partial charge in [0.05, 0.1) is 18.0 Å². The van der Waals surface area contributed by atoms with Gasteiger partial charge in [-0.25, -0.2) is 13.1 Å². The number of H-pyrrole nitrogens is 1. The Labute approximate surface area is 107 Å². The van der Waals surface area contributed by atoms with E-state index in [9.17, 15) is 8.42 Å². The van der Waals surface area contributed by atoms with Gasteiger partial charge in [0.2, 0.25) is 10.0 Å². The molecule has 7 nitrogen and oxygen atoms in total. The maximum atomic E-state index is 12.2.